The highest BCUT2D eigenvalue weighted by Gasteiger charge is 2.33. The van der Waals surface area contributed by atoms with Crippen molar-refractivity contribution < 1.29 is 18.7 Å². The van der Waals surface area contributed by atoms with E-state index in [1.807, 2.05) is 50.2 Å². The van der Waals surface area contributed by atoms with Gasteiger partial charge < -0.3 is 13.9 Å². The molecule has 0 radical (unpaired) electrons. The van der Waals surface area contributed by atoms with Crippen molar-refractivity contribution in [2.45, 2.75) is 26.9 Å². The van der Waals surface area contributed by atoms with Crippen LogP contribution in [0.25, 0.3) is 6.08 Å². The molecule has 0 bridgehead atoms. The number of ether oxygens (including phenoxy) is 2. The van der Waals surface area contributed by atoms with E-state index < -0.39 is 0 Å². The number of nitrogens with zero attached hydrogens (tertiary/aromatic N) is 1. The van der Waals surface area contributed by atoms with Crippen LogP contribution in [0.15, 0.2) is 58.7 Å². The molecular formula is C24H21NO4. The maximum atomic E-state index is 12.9. The fourth-order valence-electron chi connectivity index (χ4n) is 3.90. The van der Waals surface area contributed by atoms with E-state index in [4.69, 9.17) is 13.9 Å². The maximum Gasteiger partial charge on any atom is 0.232 e. The zero-order valence-corrected chi connectivity index (χ0v) is 16.4. The summed E-state index contributed by atoms with van der Waals surface area (Å²) in [5.74, 6) is 2.95. The van der Waals surface area contributed by atoms with E-state index in [-0.39, 0.29) is 11.5 Å². The van der Waals surface area contributed by atoms with Crippen LogP contribution in [0.3, 0.4) is 0 Å². The van der Waals surface area contributed by atoms with Crippen molar-refractivity contribution in [1.82, 2.24) is 4.90 Å². The summed E-state index contributed by atoms with van der Waals surface area (Å²) in [4.78, 5) is 15.1. The van der Waals surface area contributed by atoms with Crippen LogP contribution in [0.1, 0.15) is 38.6 Å². The summed E-state index contributed by atoms with van der Waals surface area (Å²) in [5.41, 5.74) is 3.69. The molecule has 1 aromatic heterocycles. The van der Waals surface area contributed by atoms with Crippen LogP contribution in [0.2, 0.25) is 0 Å². The summed E-state index contributed by atoms with van der Waals surface area (Å²) in [6.45, 7) is 5.83. The van der Waals surface area contributed by atoms with Crippen molar-refractivity contribution in [1.29, 1.82) is 0 Å². The second-order valence-corrected chi connectivity index (χ2v) is 7.50. The Morgan fingerprint density at radius 2 is 1.90 bits per heavy atom. The van der Waals surface area contributed by atoms with Crippen molar-refractivity contribution >= 4 is 11.9 Å². The Hall–Kier alpha value is -3.31. The molecule has 5 nitrogen and oxygen atoms in total. The number of benzene rings is 2. The van der Waals surface area contributed by atoms with Gasteiger partial charge in [-0.1, -0.05) is 30.3 Å². The predicted molar refractivity (Wildman–Crippen MR) is 109 cm³/mol. The van der Waals surface area contributed by atoms with Crippen LogP contribution in [0, 0.1) is 13.8 Å². The molecule has 2 aromatic carbocycles. The van der Waals surface area contributed by atoms with E-state index >= 15 is 0 Å². The van der Waals surface area contributed by atoms with Gasteiger partial charge in [-0.25, -0.2) is 0 Å². The standard InChI is InChI=1S/C24H21NO4/c1-15-8-9-19(28-15)11-21-22(26)20-10-18-13-25(12-17-6-4-3-5-7-17)14-27-23(18)16(2)24(20)29-21/h3-11H,12-14H2,1-2H3/b21-11-. The molecule has 3 aromatic rings. The average Bonchev–Trinajstić information content (AvgIpc) is 3.27. The second kappa shape index (κ2) is 6.94. The van der Waals surface area contributed by atoms with E-state index in [0.717, 1.165) is 35.7 Å². The summed E-state index contributed by atoms with van der Waals surface area (Å²) < 4.78 is 17.5. The lowest BCUT2D eigenvalue weighted by atomic mass is 10.00. The zero-order valence-electron chi connectivity index (χ0n) is 16.4. The molecule has 3 heterocycles. The zero-order chi connectivity index (χ0) is 20.0. The number of ketones is 1. The number of hydrogen-bond acceptors (Lipinski definition) is 5. The number of Topliss-reactive ketones (excluding diaryl/α,β-unsaturated/α-hetero) is 1. The smallest absolute Gasteiger partial charge is 0.232 e. The molecule has 2 aliphatic rings. The molecule has 0 aliphatic carbocycles. The monoisotopic (exact) mass is 387 g/mol. The third kappa shape index (κ3) is 3.23. The van der Waals surface area contributed by atoms with E-state index in [2.05, 4.69) is 17.0 Å². The first-order valence-electron chi connectivity index (χ1n) is 9.65. The van der Waals surface area contributed by atoms with Crippen molar-refractivity contribution in [2.75, 3.05) is 6.73 Å². The lowest BCUT2D eigenvalue weighted by molar-refractivity contribution is 0.0876. The Morgan fingerprint density at radius 1 is 1.07 bits per heavy atom. The van der Waals surface area contributed by atoms with Gasteiger partial charge in [0.25, 0.3) is 0 Å². The number of rotatable bonds is 3. The number of carbonyl (C=O) groups excluding carboxylic acids is 1. The van der Waals surface area contributed by atoms with Gasteiger partial charge in [-0.05, 0) is 37.6 Å². The summed E-state index contributed by atoms with van der Waals surface area (Å²) in [6, 6.07) is 15.9. The van der Waals surface area contributed by atoms with Crippen molar-refractivity contribution in [3.05, 3.63) is 88.1 Å². The Labute approximate surface area is 169 Å². The lowest BCUT2D eigenvalue weighted by Gasteiger charge is -2.30. The fourth-order valence-corrected chi connectivity index (χ4v) is 3.90. The third-order valence-electron chi connectivity index (χ3n) is 5.29. The summed E-state index contributed by atoms with van der Waals surface area (Å²) in [6.07, 6.45) is 1.65. The van der Waals surface area contributed by atoms with E-state index in [9.17, 15) is 4.79 Å². The predicted octanol–water partition coefficient (Wildman–Crippen LogP) is 4.86. The summed E-state index contributed by atoms with van der Waals surface area (Å²) >= 11 is 0. The van der Waals surface area contributed by atoms with Crippen LogP contribution in [0.5, 0.6) is 11.5 Å². The van der Waals surface area contributed by atoms with Gasteiger partial charge in [0.05, 0.1) is 5.56 Å². The molecule has 5 rings (SSSR count). The number of allylic oxidation sites excluding steroid dienone is 1. The number of carbonyl (C=O) groups is 1. The SMILES string of the molecule is Cc1ccc(/C=C2\Oc3c(cc4c(c3C)OCN(Cc3ccccc3)C4)C2=O)o1. The number of hydrogen-bond donors (Lipinski definition) is 0. The first-order valence-corrected chi connectivity index (χ1v) is 9.65. The molecule has 2 aliphatic heterocycles. The van der Waals surface area contributed by atoms with Gasteiger partial charge in [0.15, 0.2) is 5.76 Å². The minimum atomic E-state index is -0.125. The molecule has 146 valence electrons. The van der Waals surface area contributed by atoms with Crippen molar-refractivity contribution in [3.63, 3.8) is 0 Å². The van der Waals surface area contributed by atoms with E-state index in [0.29, 0.717) is 23.8 Å². The second-order valence-electron chi connectivity index (χ2n) is 7.50. The van der Waals surface area contributed by atoms with Crippen LogP contribution in [0.4, 0.5) is 0 Å². The largest absolute Gasteiger partial charge is 0.477 e. The molecule has 0 saturated carbocycles. The number of fused-ring (bicyclic) bond motifs is 2. The molecule has 0 atom stereocenters. The molecule has 0 amide bonds. The van der Waals surface area contributed by atoms with E-state index in [1.54, 1.807) is 6.08 Å². The van der Waals surface area contributed by atoms with Crippen molar-refractivity contribution in [3.8, 4) is 11.5 Å². The molecule has 0 saturated heterocycles. The van der Waals surface area contributed by atoms with Crippen LogP contribution >= 0.6 is 0 Å². The molecule has 0 fully saturated rings. The highest BCUT2D eigenvalue weighted by Crippen LogP contribution is 2.43. The van der Waals surface area contributed by atoms with Gasteiger partial charge in [-0.3, -0.25) is 9.69 Å². The first kappa shape index (κ1) is 17.8. The molecule has 0 N–H and O–H groups in total. The number of furan rings is 1. The quantitative estimate of drug-likeness (QED) is 0.601. The van der Waals surface area contributed by atoms with Crippen LogP contribution in [-0.4, -0.2) is 17.4 Å². The minimum Gasteiger partial charge on any atom is -0.477 e. The van der Waals surface area contributed by atoms with Gasteiger partial charge in [0.2, 0.25) is 5.78 Å². The maximum absolute atomic E-state index is 12.9. The van der Waals surface area contributed by atoms with Gasteiger partial charge in [-0.15, -0.1) is 0 Å². The van der Waals surface area contributed by atoms with Crippen LogP contribution < -0.4 is 9.47 Å². The Balaban J connectivity index is 1.43. The van der Waals surface area contributed by atoms with Gasteiger partial charge in [0, 0.05) is 30.3 Å². The number of aryl methyl sites for hydroxylation is 1. The van der Waals surface area contributed by atoms with E-state index in [1.165, 1.54) is 5.56 Å². The Bertz CT molecular complexity index is 1130. The highest BCUT2D eigenvalue weighted by molar-refractivity contribution is 6.15. The Kier molecular flexibility index (Phi) is 4.25. The third-order valence-corrected chi connectivity index (χ3v) is 5.29. The Morgan fingerprint density at radius 3 is 2.66 bits per heavy atom. The normalized spacial score (nSPS) is 17.0. The molecular weight excluding hydrogens is 366 g/mol. The summed E-state index contributed by atoms with van der Waals surface area (Å²) in [7, 11) is 0. The van der Waals surface area contributed by atoms with Gasteiger partial charge in [-0.2, -0.15) is 0 Å². The highest BCUT2D eigenvalue weighted by atomic mass is 16.5. The lowest BCUT2D eigenvalue weighted by Crippen LogP contribution is -2.32. The van der Waals surface area contributed by atoms with Crippen molar-refractivity contribution in [2.24, 2.45) is 0 Å². The first-order chi connectivity index (χ1) is 14.1. The van der Waals surface area contributed by atoms with Gasteiger partial charge >= 0.3 is 0 Å². The molecule has 5 heteroatoms. The van der Waals surface area contributed by atoms with Gasteiger partial charge in [0.1, 0.15) is 29.8 Å². The average molecular weight is 387 g/mol. The molecule has 0 spiro atoms. The topological polar surface area (TPSA) is 51.9 Å². The fraction of sp³-hybridized carbons (Fsp3) is 0.208. The van der Waals surface area contributed by atoms with Crippen LogP contribution in [-0.2, 0) is 13.1 Å². The minimum absolute atomic E-state index is 0.125. The molecule has 0 unspecified atom stereocenters. The summed E-state index contributed by atoms with van der Waals surface area (Å²) in [5, 5.41) is 0. The molecule has 29 heavy (non-hydrogen) atoms.